The zero-order chi connectivity index (χ0) is 19.1. The van der Waals surface area contributed by atoms with Crippen LogP contribution in [0.25, 0.3) is 0 Å². The Morgan fingerprint density at radius 3 is 2.35 bits per heavy atom. The Bertz CT molecular complexity index is 621. The van der Waals surface area contributed by atoms with Gasteiger partial charge in [-0.05, 0) is 60.2 Å². The van der Waals surface area contributed by atoms with Gasteiger partial charge in [-0.1, -0.05) is 28.4 Å². The molecule has 0 saturated carbocycles. The molecule has 2 aliphatic heterocycles. The monoisotopic (exact) mass is 428 g/mol. The normalized spacial score (nSPS) is 24.5. The Balaban J connectivity index is 0.000000254. The number of ether oxygens (including phenoxy) is 1. The molecule has 3 nitrogen and oxygen atoms in total. The molecule has 2 heterocycles. The predicted molar refractivity (Wildman–Crippen MR) is 105 cm³/mol. The second-order valence-electron chi connectivity index (χ2n) is 6.74. The third-order valence-electron chi connectivity index (χ3n) is 4.56. The van der Waals surface area contributed by atoms with Crippen LogP contribution in [-0.2, 0) is 4.74 Å². The van der Waals surface area contributed by atoms with Crippen molar-refractivity contribution >= 4 is 15.9 Å². The number of nitrogens with zero attached hydrogens (tertiary/aromatic N) is 1. The molecule has 0 aliphatic carbocycles. The molecule has 2 aliphatic rings. The van der Waals surface area contributed by atoms with Crippen molar-refractivity contribution in [3.63, 3.8) is 0 Å². The van der Waals surface area contributed by atoms with Gasteiger partial charge in [0, 0.05) is 25.2 Å². The summed E-state index contributed by atoms with van der Waals surface area (Å²) < 4.78 is 30.6. The number of halogens is 3. The third kappa shape index (κ3) is 6.58. The highest BCUT2D eigenvalue weighted by molar-refractivity contribution is 9.11. The van der Waals surface area contributed by atoms with Crippen LogP contribution in [0.3, 0.4) is 0 Å². The average Bonchev–Trinajstić information content (AvgIpc) is 3.00. The van der Waals surface area contributed by atoms with Crippen molar-refractivity contribution in [1.29, 1.82) is 0 Å². The molecule has 2 atom stereocenters. The summed E-state index contributed by atoms with van der Waals surface area (Å²) in [5, 5.41) is 0. The molecule has 0 spiro atoms. The zero-order valence-corrected chi connectivity index (χ0v) is 16.9. The first-order chi connectivity index (χ1) is 12.4. The van der Waals surface area contributed by atoms with Gasteiger partial charge in [0.1, 0.15) is 11.6 Å². The first-order valence-corrected chi connectivity index (χ1v) is 9.71. The molecule has 0 radical (unpaired) electrons. The lowest BCUT2D eigenvalue weighted by molar-refractivity contribution is 0.0163. The highest BCUT2D eigenvalue weighted by atomic mass is 79.9. The van der Waals surface area contributed by atoms with Gasteiger partial charge in [0.05, 0.1) is 13.2 Å². The summed E-state index contributed by atoms with van der Waals surface area (Å²) in [6.45, 7) is 7.97. The number of benzene rings is 1. The summed E-state index contributed by atoms with van der Waals surface area (Å²) >= 11 is 3.53. The van der Waals surface area contributed by atoms with Gasteiger partial charge in [0.15, 0.2) is 0 Å². The van der Waals surface area contributed by atoms with Crippen LogP contribution >= 0.6 is 15.9 Å². The van der Waals surface area contributed by atoms with E-state index in [-0.39, 0.29) is 6.04 Å². The number of rotatable bonds is 3. The van der Waals surface area contributed by atoms with Gasteiger partial charge in [-0.2, -0.15) is 0 Å². The number of nitrogens with two attached hydrogens (primary N) is 1. The molecule has 0 aromatic heterocycles. The van der Waals surface area contributed by atoms with Crippen LogP contribution in [0.5, 0.6) is 0 Å². The van der Waals surface area contributed by atoms with E-state index in [9.17, 15) is 8.78 Å². The summed E-state index contributed by atoms with van der Waals surface area (Å²) in [7, 11) is 0. The third-order valence-corrected chi connectivity index (χ3v) is 4.79. The maximum Gasteiger partial charge on any atom is 0.123 e. The summed E-state index contributed by atoms with van der Waals surface area (Å²) in [6, 6.07) is 5.00. The molecule has 1 aromatic rings. The fraction of sp³-hybridized carbons (Fsp3) is 0.500. The van der Waals surface area contributed by atoms with Crippen LogP contribution in [0, 0.1) is 11.6 Å². The molecule has 6 heteroatoms. The van der Waals surface area contributed by atoms with Crippen molar-refractivity contribution in [3.05, 3.63) is 57.6 Å². The summed E-state index contributed by atoms with van der Waals surface area (Å²) in [6.07, 6.45) is 4.44. The van der Waals surface area contributed by atoms with Crippen molar-refractivity contribution in [2.75, 3.05) is 26.3 Å². The van der Waals surface area contributed by atoms with Crippen LogP contribution in [0.2, 0.25) is 0 Å². The largest absolute Gasteiger partial charge is 0.378 e. The standard InChI is InChI=1S/C14H23BrN2O.C6H4F2/c1-3-11-6-17(7-12(11)4-10(2)15)14-5-13(16)8-18-9-14;7-5-1-2-6(8)4-3-5/h4,13-14H,3,5-9,16H2,1-2H3;1-4H/b10-4+;. The van der Waals surface area contributed by atoms with E-state index >= 15 is 0 Å². The minimum absolute atomic E-state index is 0.200. The van der Waals surface area contributed by atoms with Gasteiger partial charge in [-0.3, -0.25) is 4.90 Å². The average molecular weight is 429 g/mol. The topological polar surface area (TPSA) is 38.5 Å². The Kier molecular flexibility index (Phi) is 8.41. The van der Waals surface area contributed by atoms with Gasteiger partial charge < -0.3 is 10.5 Å². The maximum atomic E-state index is 11.9. The van der Waals surface area contributed by atoms with E-state index in [0.717, 1.165) is 56.8 Å². The molecule has 3 rings (SSSR count). The second-order valence-corrected chi connectivity index (χ2v) is 7.99. The van der Waals surface area contributed by atoms with Crippen molar-refractivity contribution < 1.29 is 13.5 Å². The molecule has 1 saturated heterocycles. The molecule has 1 aromatic carbocycles. The lowest BCUT2D eigenvalue weighted by Crippen LogP contribution is -2.47. The van der Waals surface area contributed by atoms with Crippen molar-refractivity contribution in [2.24, 2.45) is 5.73 Å². The Hall–Kier alpha value is -1.08. The van der Waals surface area contributed by atoms with E-state index in [4.69, 9.17) is 10.5 Å². The molecule has 0 amide bonds. The summed E-state index contributed by atoms with van der Waals surface area (Å²) in [5.41, 5.74) is 9.00. The van der Waals surface area contributed by atoms with Crippen LogP contribution < -0.4 is 5.73 Å². The minimum Gasteiger partial charge on any atom is -0.378 e. The molecule has 0 bridgehead atoms. The Labute approximate surface area is 163 Å². The first-order valence-electron chi connectivity index (χ1n) is 8.92. The van der Waals surface area contributed by atoms with Crippen LogP contribution in [0.15, 0.2) is 46.0 Å². The molecule has 2 unspecified atom stereocenters. The zero-order valence-electron chi connectivity index (χ0n) is 15.4. The van der Waals surface area contributed by atoms with Crippen molar-refractivity contribution in [2.45, 2.75) is 38.8 Å². The highest BCUT2D eigenvalue weighted by Gasteiger charge is 2.30. The molecule has 1 fully saturated rings. The molecule has 26 heavy (non-hydrogen) atoms. The SMILES string of the molecule is CCC1=C(/C=C(\C)Br)CN(C2COCC(N)C2)C1.Fc1ccc(F)cc1. The van der Waals surface area contributed by atoms with E-state index in [1.54, 1.807) is 5.57 Å². The van der Waals surface area contributed by atoms with Gasteiger partial charge >= 0.3 is 0 Å². The van der Waals surface area contributed by atoms with E-state index in [1.807, 2.05) is 0 Å². The van der Waals surface area contributed by atoms with Crippen LogP contribution in [0.1, 0.15) is 26.7 Å². The molecule has 2 N–H and O–H groups in total. The Morgan fingerprint density at radius 2 is 1.85 bits per heavy atom. The highest BCUT2D eigenvalue weighted by Crippen LogP contribution is 2.27. The summed E-state index contributed by atoms with van der Waals surface area (Å²) in [4.78, 5) is 2.51. The fourth-order valence-corrected chi connectivity index (χ4v) is 3.52. The molecule has 144 valence electrons. The molecular weight excluding hydrogens is 402 g/mol. The van der Waals surface area contributed by atoms with Crippen molar-refractivity contribution in [3.8, 4) is 0 Å². The van der Waals surface area contributed by atoms with Crippen LogP contribution in [-0.4, -0.2) is 43.3 Å². The lowest BCUT2D eigenvalue weighted by Gasteiger charge is -2.34. The minimum atomic E-state index is -0.411. The van der Waals surface area contributed by atoms with Gasteiger partial charge in [-0.25, -0.2) is 8.78 Å². The second kappa shape index (κ2) is 10.3. The quantitative estimate of drug-likeness (QED) is 0.775. The van der Waals surface area contributed by atoms with Crippen molar-refractivity contribution in [1.82, 2.24) is 4.90 Å². The lowest BCUT2D eigenvalue weighted by atomic mass is 10.1. The van der Waals surface area contributed by atoms with Crippen LogP contribution in [0.4, 0.5) is 8.78 Å². The van der Waals surface area contributed by atoms with Gasteiger partial charge in [0.2, 0.25) is 0 Å². The van der Waals surface area contributed by atoms with E-state index < -0.39 is 11.6 Å². The Morgan fingerprint density at radius 1 is 1.23 bits per heavy atom. The van der Waals surface area contributed by atoms with Gasteiger partial charge in [-0.15, -0.1) is 0 Å². The fourth-order valence-electron chi connectivity index (χ4n) is 3.24. The molecular formula is C20H27BrF2N2O. The predicted octanol–water partition coefficient (Wildman–Crippen LogP) is 4.39. The van der Waals surface area contributed by atoms with E-state index in [2.05, 4.69) is 40.8 Å². The first kappa shape index (κ1) is 21.2. The van der Waals surface area contributed by atoms with E-state index in [0.29, 0.717) is 12.6 Å². The van der Waals surface area contributed by atoms with E-state index in [1.165, 1.54) is 10.1 Å². The maximum absolute atomic E-state index is 11.9. The number of allylic oxidation sites excluding steroid dienone is 1. The number of hydrogen-bond donors (Lipinski definition) is 1. The van der Waals surface area contributed by atoms with Gasteiger partial charge in [0.25, 0.3) is 0 Å². The smallest absolute Gasteiger partial charge is 0.123 e. The number of hydrogen-bond acceptors (Lipinski definition) is 3. The summed E-state index contributed by atoms with van der Waals surface area (Å²) in [5.74, 6) is -0.821.